The SMILES string of the molecule is COc1cc(CNC(C)CS(C)=O)cc2c1OCO2. The molecule has 1 N–H and O–H groups in total. The number of nitrogens with one attached hydrogen (secondary N) is 1. The second-order valence-corrected chi connectivity index (χ2v) is 6.03. The van der Waals surface area contributed by atoms with Crippen LogP contribution in [0.1, 0.15) is 12.5 Å². The molecule has 1 aromatic rings. The Labute approximate surface area is 115 Å². The molecule has 1 heterocycles. The van der Waals surface area contributed by atoms with Gasteiger partial charge in [0.05, 0.1) is 7.11 Å². The third kappa shape index (κ3) is 3.61. The van der Waals surface area contributed by atoms with Crippen LogP contribution in [0.15, 0.2) is 12.1 Å². The molecule has 0 saturated heterocycles. The summed E-state index contributed by atoms with van der Waals surface area (Å²) in [7, 11) is 0.817. The molecular formula is C13H19NO4S. The first-order valence-corrected chi connectivity index (χ1v) is 7.82. The molecule has 6 heteroatoms. The predicted molar refractivity (Wildman–Crippen MR) is 74.4 cm³/mol. The van der Waals surface area contributed by atoms with Crippen LogP contribution < -0.4 is 19.5 Å². The van der Waals surface area contributed by atoms with Crippen molar-refractivity contribution in [2.75, 3.05) is 25.9 Å². The normalized spacial score (nSPS) is 16.2. The molecule has 1 aliphatic rings. The number of fused-ring (bicyclic) bond motifs is 1. The topological polar surface area (TPSA) is 56.8 Å². The average molecular weight is 285 g/mol. The van der Waals surface area contributed by atoms with E-state index in [-0.39, 0.29) is 12.8 Å². The first-order valence-electron chi connectivity index (χ1n) is 6.10. The van der Waals surface area contributed by atoms with Gasteiger partial charge in [-0.3, -0.25) is 4.21 Å². The van der Waals surface area contributed by atoms with Gasteiger partial charge in [0.2, 0.25) is 12.5 Å². The Morgan fingerprint density at radius 1 is 1.47 bits per heavy atom. The van der Waals surface area contributed by atoms with E-state index in [4.69, 9.17) is 14.2 Å². The van der Waals surface area contributed by atoms with Gasteiger partial charge in [-0.1, -0.05) is 0 Å². The Bertz CT molecular complexity index is 478. The Morgan fingerprint density at radius 3 is 2.95 bits per heavy atom. The molecule has 2 rings (SSSR count). The molecule has 0 radical (unpaired) electrons. The van der Waals surface area contributed by atoms with Gasteiger partial charge < -0.3 is 19.5 Å². The highest BCUT2D eigenvalue weighted by atomic mass is 32.2. The van der Waals surface area contributed by atoms with Crippen LogP contribution in [0.2, 0.25) is 0 Å². The molecule has 1 aliphatic heterocycles. The van der Waals surface area contributed by atoms with Crippen LogP contribution in [0.25, 0.3) is 0 Å². The van der Waals surface area contributed by atoms with Crippen LogP contribution in [0.5, 0.6) is 17.2 Å². The fraction of sp³-hybridized carbons (Fsp3) is 0.538. The maximum absolute atomic E-state index is 11.1. The molecule has 0 saturated carbocycles. The summed E-state index contributed by atoms with van der Waals surface area (Å²) in [5, 5.41) is 3.33. The predicted octanol–water partition coefficient (Wildman–Crippen LogP) is 1.28. The van der Waals surface area contributed by atoms with E-state index in [0.29, 0.717) is 29.5 Å². The van der Waals surface area contributed by atoms with Crippen molar-refractivity contribution in [3.63, 3.8) is 0 Å². The molecule has 2 unspecified atom stereocenters. The molecule has 0 aromatic heterocycles. The van der Waals surface area contributed by atoms with Crippen molar-refractivity contribution in [2.24, 2.45) is 0 Å². The van der Waals surface area contributed by atoms with Crippen LogP contribution >= 0.6 is 0 Å². The maximum Gasteiger partial charge on any atom is 0.231 e. The molecule has 0 aliphatic carbocycles. The zero-order chi connectivity index (χ0) is 13.8. The van der Waals surface area contributed by atoms with Gasteiger partial charge in [0, 0.05) is 35.4 Å². The lowest BCUT2D eigenvalue weighted by molar-refractivity contribution is 0.171. The fourth-order valence-corrected chi connectivity index (χ4v) is 2.81. The summed E-state index contributed by atoms with van der Waals surface area (Å²) in [5.74, 6) is 2.69. The van der Waals surface area contributed by atoms with Crippen LogP contribution in [0.4, 0.5) is 0 Å². The zero-order valence-electron chi connectivity index (χ0n) is 11.4. The van der Waals surface area contributed by atoms with Crippen molar-refractivity contribution < 1.29 is 18.4 Å². The van der Waals surface area contributed by atoms with Gasteiger partial charge in [-0.05, 0) is 24.6 Å². The minimum Gasteiger partial charge on any atom is -0.493 e. The number of rotatable bonds is 6. The molecule has 0 amide bonds. The van der Waals surface area contributed by atoms with Crippen molar-refractivity contribution in [2.45, 2.75) is 19.5 Å². The smallest absolute Gasteiger partial charge is 0.231 e. The Morgan fingerprint density at radius 2 is 2.26 bits per heavy atom. The van der Waals surface area contributed by atoms with E-state index in [1.807, 2.05) is 19.1 Å². The van der Waals surface area contributed by atoms with Crippen molar-refractivity contribution in [3.8, 4) is 17.2 Å². The van der Waals surface area contributed by atoms with Gasteiger partial charge in [-0.25, -0.2) is 0 Å². The first kappa shape index (κ1) is 14.1. The summed E-state index contributed by atoms with van der Waals surface area (Å²) < 4.78 is 27.1. The van der Waals surface area contributed by atoms with Crippen LogP contribution in [-0.2, 0) is 17.3 Å². The summed E-state index contributed by atoms with van der Waals surface area (Å²) in [5.41, 5.74) is 1.05. The third-order valence-corrected chi connectivity index (χ3v) is 3.83. The second-order valence-electron chi connectivity index (χ2n) is 4.55. The van der Waals surface area contributed by atoms with Gasteiger partial charge >= 0.3 is 0 Å². The average Bonchev–Trinajstić information content (AvgIpc) is 2.82. The number of hydrogen-bond donors (Lipinski definition) is 1. The van der Waals surface area contributed by atoms with Crippen LogP contribution in [0, 0.1) is 0 Å². The van der Waals surface area contributed by atoms with Crippen molar-refractivity contribution in [3.05, 3.63) is 17.7 Å². The molecular weight excluding hydrogens is 266 g/mol. The second kappa shape index (κ2) is 6.25. The summed E-state index contributed by atoms with van der Waals surface area (Å²) in [6.45, 7) is 2.92. The summed E-state index contributed by atoms with van der Waals surface area (Å²) in [6, 6.07) is 4.06. The Kier molecular flexibility index (Phi) is 4.66. The maximum atomic E-state index is 11.1. The lowest BCUT2D eigenvalue weighted by Crippen LogP contribution is -2.30. The highest BCUT2D eigenvalue weighted by Crippen LogP contribution is 2.41. The monoisotopic (exact) mass is 285 g/mol. The lowest BCUT2D eigenvalue weighted by atomic mass is 10.1. The summed E-state index contributed by atoms with van der Waals surface area (Å²) in [6.07, 6.45) is 1.71. The van der Waals surface area contributed by atoms with E-state index < -0.39 is 10.8 Å². The largest absolute Gasteiger partial charge is 0.493 e. The molecule has 2 atom stereocenters. The van der Waals surface area contributed by atoms with E-state index >= 15 is 0 Å². The van der Waals surface area contributed by atoms with Crippen molar-refractivity contribution in [1.29, 1.82) is 0 Å². The van der Waals surface area contributed by atoms with E-state index in [2.05, 4.69) is 5.32 Å². The quantitative estimate of drug-likeness (QED) is 0.853. The number of benzene rings is 1. The molecule has 0 bridgehead atoms. The highest BCUT2D eigenvalue weighted by Gasteiger charge is 2.20. The standard InChI is InChI=1S/C13H19NO4S/c1-9(7-19(3)15)14-6-10-4-11(16-2)13-12(5-10)17-8-18-13/h4-5,9,14H,6-8H2,1-3H3. The van der Waals surface area contributed by atoms with Crippen LogP contribution in [0.3, 0.4) is 0 Å². The van der Waals surface area contributed by atoms with Crippen LogP contribution in [-0.4, -0.2) is 36.2 Å². The Balaban J connectivity index is 2.03. The molecule has 5 nitrogen and oxygen atoms in total. The fourth-order valence-electron chi connectivity index (χ4n) is 1.99. The van der Waals surface area contributed by atoms with E-state index in [0.717, 1.165) is 5.56 Å². The molecule has 0 fully saturated rings. The lowest BCUT2D eigenvalue weighted by Gasteiger charge is -2.13. The minimum absolute atomic E-state index is 0.197. The van der Waals surface area contributed by atoms with E-state index in [1.165, 1.54) is 0 Å². The van der Waals surface area contributed by atoms with Crippen molar-refractivity contribution in [1.82, 2.24) is 5.32 Å². The van der Waals surface area contributed by atoms with Gasteiger partial charge in [0.1, 0.15) is 0 Å². The molecule has 19 heavy (non-hydrogen) atoms. The summed E-state index contributed by atoms with van der Waals surface area (Å²) in [4.78, 5) is 0. The molecule has 0 spiro atoms. The third-order valence-electron chi connectivity index (χ3n) is 2.86. The molecule has 106 valence electrons. The minimum atomic E-state index is -0.791. The Hall–Kier alpha value is -1.27. The number of hydrogen-bond acceptors (Lipinski definition) is 5. The summed E-state index contributed by atoms with van der Waals surface area (Å²) >= 11 is 0. The van der Waals surface area contributed by atoms with Crippen molar-refractivity contribution >= 4 is 10.8 Å². The van der Waals surface area contributed by atoms with Gasteiger partial charge in [-0.15, -0.1) is 0 Å². The number of ether oxygens (including phenoxy) is 3. The van der Waals surface area contributed by atoms with E-state index in [1.54, 1.807) is 13.4 Å². The highest BCUT2D eigenvalue weighted by molar-refractivity contribution is 7.84. The first-order chi connectivity index (χ1) is 9.10. The number of methoxy groups -OCH3 is 1. The van der Waals surface area contributed by atoms with Gasteiger partial charge in [0.15, 0.2) is 11.5 Å². The van der Waals surface area contributed by atoms with Gasteiger partial charge in [-0.2, -0.15) is 0 Å². The molecule has 1 aromatic carbocycles. The zero-order valence-corrected chi connectivity index (χ0v) is 12.2. The van der Waals surface area contributed by atoms with Gasteiger partial charge in [0.25, 0.3) is 0 Å². The van der Waals surface area contributed by atoms with E-state index in [9.17, 15) is 4.21 Å².